The van der Waals surface area contributed by atoms with E-state index in [9.17, 15) is 5.26 Å². The van der Waals surface area contributed by atoms with Crippen LogP contribution in [0.4, 0.5) is 0 Å². The number of aromatic nitrogens is 4. The largest absolute Gasteiger partial charge is 0.354 e. The van der Waals surface area contributed by atoms with Crippen LogP contribution in [-0.2, 0) is 5.41 Å². The molecule has 0 spiro atoms. The highest BCUT2D eigenvalue weighted by atomic mass is 15.1. The van der Waals surface area contributed by atoms with E-state index in [1.165, 1.54) is 10.9 Å². The van der Waals surface area contributed by atoms with Crippen molar-refractivity contribution in [1.82, 2.24) is 19.5 Å². The number of imidazole rings is 1. The Morgan fingerprint density at radius 3 is 1.98 bits per heavy atom. The number of pyridine rings is 1. The molecule has 0 fully saturated rings. The predicted octanol–water partition coefficient (Wildman–Crippen LogP) is 13.6. The van der Waals surface area contributed by atoms with Gasteiger partial charge in [-0.15, -0.1) is 0 Å². The number of benzene rings is 7. The molecule has 1 N–H and O–H groups in total. The summed E-state index contributed by atoms with van der Waals surface area (Å²) < 4.78 is 2.33. The number of H-pyrrole nitrogens is 1. The molecule has 5 heteroatoms. The molecule has 5 nitrogen and oxygen atoms in total. The molecule has 0 saturated carbocycles. The Bertz CT molecular complexity index is 3210. The lowest BCUT2D eigenvalue weighted by atomic mass is 9.83. The average Bonchev–Trinajstić information content (AvgIpc) is 3.85. The maximum absolute atomic E-state index is 10.3. The fraction of sp³-hybridized carbons (Fsp3) is 0.0755. The predicted molar refractivity (Wildman–Crippen MR) is 239 cm³/mol. The quantitative estimate of drug-likeness (QED) is 0.184. The molecule has 10 aromatic rings. The zero-order valence-corrected chi connectivity index (χ0v) is 32.5. The molecule has 3 aromatic heterocycles. The highest BCUT2D eigenvalue weighted by Crippen LogP contribution is 2.42. The van der Waals surface area contributed by atoms with Crippen LogP contribution in [0.25, 0.3) is 94.6 Å². The smallest absolute Gasteiger partial charge is 0.147 e. The molecular weight excluding hydrogens is 707 g/mol. The van der Waals surface area contributed by atoms with Crippen molar-refractivity contribution in [3.8, 4) is 67.8 Å². The number of fused-ring (bicyclic) bond motifs is 4. The van der Waals surface area contributed by atoms with E-state index in [-0.39, 0.29) is 5.41 Å². The van der Waals surface area contributed by atoms with Crippen LogP contribution in [0.1, 0.15) is 31.9 Å². The average molecular weight is 746 g/mol. The summed E-state index contributed by atoms with van der Waals surface area (Å²) in [6, 6.07) is 61.7. The van der Waals surface area contributed by atoms with Crippen molar-refractivity contribution in [2.45, 2.75) is 26.2 Å². The van der Waals surface area contributed by atoms with E-state index in [0.29, 0.717) is 5.56 Å². The summed E-state index contributed by atoms with van der Waals surface area (Å²) in [7, 11) is 0. The molecule has 0 saturated heterocycles. The normalized spacial score (nSPS) is 11.7. The third-order valence-corrected chi connectivity index (χ3v) is 11.2. The Kier molecular flexibility index (Phi) is 8.35. The maximum atomic E-state index is 10.3. The Morgan fingerprint density at radius 1 is 0.569 bits per heavy atom. The van der Waals surface area contributed by atoms with Gasteiger partial charge in [0.25, 0.3) is 0 Å². The first-order valence-corrected chi connectivity index (χ1v) is 19.6. The van der Waals surface area contributed by atoms with Crippen LogP contribution in [0.15, 0.2) is 176 Å². The van der Waals surface area contributed by atoms with Crippen molar-refractivity contribution in [3.63, 3.8) is 0 Å². The van der Waals surface area contributed by atoms with Crippen LogP contribution in [0.2, 0.25) is 0 Å². The first-order chi connectivity index (χ1) is 28.4. The van der Waals surface area contributed by atoms with Gasteiger partial charge in [-0.1, -0.05) is 148 Å². The molecule has 3 heterocycles. The van der Waals surface area contributed by atoms with E-state index in [1.54, 1.807) is 0 Å². The summed E-state index contributed by atoms with van der Waals surface area (Å²) >= 11 is 0. The Balaban J connectivity index is 1.24. The summed E-state index contributed by atoms with van der Waals surface area (Å²) in [4.78, 5) is 14.4. The number of rotatable bonds is 6. The lowest BCUT2D eigenvalue weighted by Crippen LogP contribution is -2.11. The van der Waals surface area contributed by atoms with Gasteiger partial charge in [-0.05, 0) is 70.1 Å². The van der Waals surface area contributed by atoms with Gasteiger partial charge in [0, 0.05) is 50.3 Å². The monoisotopic (exact) mass is 745 g/mol. The van der Waals surface area contributed by atoms with Crippen LogP contribution in [-0.4, -0.2) is 19.5 Å². The van der Waals surface area contributed by atoms with E-state index < -0.39 is 0 Å². The van der Waals surface area contributed by atoms with Gasteiger partial charge in [0.1, 0.15) is 5.82 Å². The van der Waals surface area contributed by atoms with Crippen LogP contribution < -0.4 is 0 Å². The molecule has 0 bridgehead atoms. The first kappa shape index (κ1) is 34.9. The number of nitrogens with one attached hydrogen (secondary N) is 1. The minimum Gasteiger partial charge on any atom is -0.354 e. The van der Waals surface area contributed by atoms with Crippen molar-refractivity contribution in [3.05, 3.63) is 187 Å². The van der Waals surface area contributed by atoms with Gasteiger partial charge < -0.3 is 4.98 Å². The second-order valence-electron chi connectivity index (χ2n) is 15.9. The van der Waals surface area contributed by atoms with Crippen LogP contribution in [0.5, 0.6) is 0 Å². The van der Waals surface area contributed by atoms with Gasteiger partial charge in [-0.2, -0.15) is 5.26 Å². The van der Waals surface area contributed by atoms with Gasteiger partial charge in [0.2, 0.25) is 0 Å². The standard InChI is InChI=1S/C53H39N5/c1-53(2,3)39-29-36(28-37(30-39)47-31-38(32-54)45(33-55-47)35-18-8-5-9-19-35)41-22-15-27-49-51(41)57-52(44-24-14-23-43-42-21-10-12-25-46(42)56-50(43)44)58(49)48-26-13-11-20-40(48)34-16-6-4-7-17-34/h4-31,33,56H,1-3H3. The van der Waals surface area contributed by atoms with Crippen molar-refractivity contribution < 1.29 is 0 Å². The Hall–Kier alpha value is -7.55. The van der Waals surface area contributed by atoms with Crippen LogP contribution >= 0.6 is 0 Å². The number of nitriles is 1. The zero-order chi connectivity index (χ0) is 39.4. The second-order valence-corrected chi connectivity index (χ2v) is 15.9. The molecule has 0 aliphatic heterocycles. The molecule has 0 aliphatic carbocycles. The SMILES string of the molecule is CC(C)(C)c1cc(-c2cc(C#N)c(-c3ccccc3)cn2)cc(-c2cccc3c2nc(-c2cccc4c2[nH]c2ccccc24)n3-c2ccccc2-c2ccccc2)c1. The second kappa shape index (κ2) is 13.9. The molecule has 0 radical (unpaired) electrons. The minimum absolute atomic E-state index is 0.162. The molecular formula is C53H39N5. The molecule has 0 unspecified atom stereocenters. The summed E-state index contributed by atoms with van der Waals surface area (Å²) in [5, 5.41) is 12.7. The topological polar surface area (TPSA) is 70.3 Å². The van der Waals surface area contributed by atoms with E-state index >= 15 is 0 Å². The fourth-order valence-electron chi connectivity index (χ4n) is 8.26. The fourth-order valence-corrected chi connectivity index (χ4v) is 8.26. The minimum atomic E-state index is -0.162. The number of para-hydroxylation sites is 4. The number of aromatic amines is 1. The third-order valence-electron chi connectivity index (χ3n) is 11.2. The van der Waals surface area contributed by atoms with Gasteiger partial charge in [0.15, 0.2) is 0 Å². The van der Waals surface area contributed by atoms with Crippen molar-refractivity contribution in [2.75, 3.05) is 0 Å². The molecule has 0 aliphatic rings. The highest BCUT2D eigenvalue weighted by molar-refractivity contribution is 6.12. The maximum Gasteiger partial charge on any atom is 0.147 e. The number of hydrogen-bond acceptors (Lipinski definition) is 3. The molecule has 0 atom stereocenters. The summed E-state index contributed by atoms with van der Waals surface area (Å²) in [5.41, 5.74) is 15.5. The molecule has 10 rings (SSSR count). The molecule has 58 heavy (non-hydrogen) atoms. The van der Waals surface area contributed by atoms with Gasteiger partial charge >= 0.3 is 0 Å². The Morgan fingerprint density at radius 2 is 1.21 bits per heavy atom. The first-order valence-electron chi connectivity index (χ1n) is 19.6. The Labute approximate surface area is 337 Å². The summed E-state index contributed by atoms with van der Waals surface area (Å²) in [6.45, 7) is 6.70. The lowest BCUT2D eigenvalue weighted by molar-refractivity contribution is 0.590. The van der Waals surface area contributed by atoms with Crippen LogP contribution in [0, 0.1) is 11.3 Å². The summed E-state index contributed by atoms with van der Waals surface area (Å²) in [6.07, 6.45) is 1.83. The van der Waals surface area contributed by atoms with E-state index in [1.807, 2.05) is 42.6 Å². The third kappa shape index (κ3) is 5.95. The zero-order valence-electron chi connectivity index (χ0n) is 32.5. The highest BCUT2D eigenvalue weighted by Gasteiger charge is 2.24. The van der Waals surface area contributed by atoms with Crippen molar-refractivity contribution in [1.29, 1.82) is 5.26 Å². The van der Waals surface area contributed by atoms with Gasteiger partial charge in [0.05, 0.1) is 39.6 Å². The van der Waals surface area contributed by atoms with E-state index in [0.717, 1.165) is 89.2 Å². The molecule has 0 amide bonds. The number of hydrogen-bond donors (Lipinski definition) is 1. The molecule has 276 valence electrons. The van der Waals surface area contributed by atoms with Crippen molar-refractivity contribution >= 4 is 32.8 Å². The van der Waals surface area contributed by atoms with Gasteiger partial charge in [-0.25, -0.2) is 4.98 Å². The van der Waals surface area contributed by atoms with Gasteiger partial charge in [-0.3, -0.25) is 9.55 Å². The van der Waals surface area contributed by atoms with Crippen molar-refractivity contribution in [2.24, 2.45) is 0 Å². The van der Waals surface area contributed by atoms with E-state index in [2.05, 4.69) is 170 Å². The van der Waals surface area contributed by atoms with Crippen LogP contribution in [0.3, 0.4) is 0 Å². The lowest BCUT2D eigenvalue weighted by Gasteiger charge is -2.22. The number of nitrogens with zero attached hydrogens (tertiary/aromatic N) is 4. The molecule has 7 aromatic carbocycles. The summed E-state index contributed by atoms with van der Waals surface area (Å²) in [5.74, 6) is 0.854. The van der Waals surface area contributed by atoms with E-state index in [4.69, 9.17) is 9.97 Å².